The predicted molar refractivity (Wildman–Crippen MR) is 132 cm³/mol. The van der Waals surface area contributed by atoms with Gasteiger partial charge in [0.25, 0.3) is 0 Å². The Morgan fingerprint density at radius 1 is 0.758 bits per heavy atom. The molecule has 0 aromatic rings. The molecule has 0 unspecified atom stereocenters. The van der Waals surface area contributed by atoms with Gasteiger partial charge < -0.3 is 31.3 Å². The fourth-order valence-corrected chi connectivity index (χ4v) is 3.60. The Morgan fingerprint density at radius 3 is 1.79 bits per heavy atom. The minimum Gasteiger partial charge on any atom is -0.387 e. The van der Waals surface area contributed by atoms with Gasteiger partial charge in [0, 0.05) is 30.2 Å². The molecule has 2 saturated carbocycles. The van der Waals surface area contributed by atoms with Gasteiger partial charge in [0.1, 0.15) is 0 Å². The number of rotatable bonds is 16. The smallest absolute Gasteiger partial charge is 0.239 e. The minimum absolute atomic E-state index is 0.0692. The van der Waals surface area contributed by atoms with Gasteiger partial charge in [-0.2, -0.15) is 12.6 Å². The van der Waals surface area contributed by atoms with Gasteiger partial charge in [0.2, 0.25) is 17.7 Å². The molecule has 0 saturated heterocycles. The van der Waals surface area contributed by atoms with Crippen molar-refractivity contribution in [2.24, 2.45) is 0 Å². The summed E-state index contributed by atoms with van der Waals surface area (Å²) in [6.07, 6.45) is 7.78. The summed E-state index contributed by atoms with van der Waals surface area (Å²) in [6, 6.07) is 0. The lowest BCUT2D eigenvalue weighted by Gasteiger charge is -2.23. The van der Waals surface area contributed by atoms with Crippen molar-refractivity contribution in [1.29, 1.82) is 0 Å². The highest BCUT2D eigenvalue weighted by Gasteiger charge is 2.16. The largest absolute Gasteiger partial charge is 0.387 e. The molecular formula is C23H39N5O4S. The van der Waals surface area contributed by atoms with Crippen molar-refractivity contribution in [2.45, 2.75) is 51.9 Å². The van der Waals surface area contributed by atoms with E-state index in [-0.39, 0.29) is 31.4 Å². The summed E-state index contributed by atoms with van der Waals surface area (Å²) in [7, 11) is 0. The monoisotopic (exact) mass is 481 g/mol. The Labute approximate surface area is 202 Å². The maximum absolute atomic E-state index is 12.1. The third-order valence-electron chi connectivity index (χ3n) is 5.74. The molecule has 2 fully saturated rings. The molecule has 0 bridgehead atoms. The molecule has 0 aliphatic heterocycles. The number of allylic oxidation sites excluding steroid dienone is 3. The van der Waals surface area contributed by atoms with Crippen molar-refractivity contribution in [1.82, 2.24) is 26.6 Å². The highest BCUT2D eigenvalue weighted by molar-refractivity contribution is 7.80. The van der Waals surface area contributed by atoms with Gasteiger partial charge in [0.15, 0.2) is 0 Å². The van der Waals surface area contributed by atoms with E-state index in [1.807, 2.05) is 0 Å². The molecule has 0 aromatic carbocycles. The van der Waals surface area contributed by atoms with Crippen LogP contribution in [0.2, 0.25) is 0 Å². The van der Waals surface area contributed by atoms with Crippen molar-refractivity contribution >= 4 is 30.4 Å². The summed E-state index contributed by atoms with van der Waals surface area (Å²) in [4.78, 5) is 35.9. The van der Waals surface area contributed by atoms with Crippen LogP contribution >= 0.6 is 12.6 Å². The molecule has 0 aromatic heterocycles. The average molecular weight is 482 g/mol. The van der Waals surface area contributed by atoms with Crippen LogP contribution in [0.15, 0.2) is 22.5 Å². The van der Waals surface area contributed by atoms with E-state index in [0.717, 1.165) is 31.4 Å². The van der Waals surface area contributed by atoms with Crippen molar-refractivity contribution in [3.63, 3.8) is 0 Å². The standard InChI is InChI=1S/C23H39N5O4S/c1-2-19(17-5-3-6-17)24-9-10-25-21(29)14-27-23(31)15-28-22(30)13-26-20(16-32-11-12-33)18-7-4-8-18/h24,26,33H,2-16H2,1H3,(H,25,29)(H,27,31)(H,28,30). The normalized spacial score (nSPS) is 14.5. The van der Waals surface area contributed by atoms with Gasteiger partial charge in [-0.3, -0.25) is 14.4 Å². The lowest BCUT2D eigenvalue weighted by Crippen LogP contribution is -2.44. The quantitative estimate of drug-likeness (QED) is 0.143. The van der Waals surface area contributed by atoms with E-state index in [1.54, 1.807) is 0 Å². The number of hydrogen-bond donors (Lipinski definition) is 6. The van der Waals surface area contributed by atoms with Gasteiger partial charge >= 0.3 is 0 Å². The topological polar surface area (TPSA) is 121 Å². The van der Waals surface area contributed by atoms with Crippen LogP contribution in [0.3, 0.4) is 0 Å². The van der Waals surface area contributed by atoms with Crippen molar-refractivity contribution in [3.05, 3.63) is 22.5 Å². The number of carbonyl (C=O) groups excluding carboxylic acids is 3. The van der Waals surface area contributed by atoms with Gasteiger partial charge in [-0.1, -0.05) is 12.5 Å². The number of carbonyl (C=O) groups is 3. The molecular weight excluding hydrogens is 442 g/mol. The van der Waals surface area contributed by atoms with Gasteiger partial charge in [-0.15, -0.1) is 0 Å². The number of thiol groups is 1. The van der Waals surface area contributed by atoms with E-state index < -0.39 is 5.91 Å². The molecule has 2 aliphatic rings. The van der Waals surface area contributed by atoms with Crippen molar-refractivity contribution < 1.29 is 19.1 Å². The van der Waals surface area contributed by atoms with Crippen molar-refractivity contribution in [2.75, 3.05) is 51.7 Å². The summed E-state index contributed by atoms with van der Waals surface area (Å²) in [6.45, 7) is 4.04. The van der Waals surface area contributed by atoms with E-state index in [1.165, 1.54) is 36.1 Å². The lowest BCUT2D eigenvalue weighted by atomic mass is 9.90. The maximum atomic E-state index is 12.1. The Morgan fingerprint density at radius 2 is 1.27 bits per heavy atom. The zero-order chi connectivity index (χ0) is 23.9. The number of nitrogens with one attached hydrogen (secondary N) is 5. The first-order valence-corrected chi connectivity index (χ1v) is 12.5. The molecule has 2 aliphatic carbocycles. The van der Waals surface area contributed by atoms with E-state index in [2.05, 4.69) is 46.1 Å². The summed E-state index contributed by atoms with van der Waals surface area (Å²) < 4.78 is 5.52. The molecule has 9 nitrogen and oxygen atoms in total. The average Bonchev–Trinajstić information content (AvgIpc) is 2.73. The SMILES string of the molecule is CCC(NCCNC(=O)CNC(=O)CNC(=O)CNC(COCCS)=C1CCC1)=C1CCC1. The number of amides is 3. The van der Waals surface area contributed by atoms with Gasteiger partial charge in [0.05, 0.1) is 32.8 Å². The fourth-order valence-electron chi connectivity index (χ4n) is 3.48. The fraction of sp³-hybridized carbons (Fsp3) is 0.696. The highest BCUT2D eigenvalue weighted by Crippen LogP contribution is 2.29. The van der Waals surface area contributed by atoms with Crippen LogP contribution < -0.4 is 26.6 Å². The summed E-state index contributed by atoms with van der Waals surface area (Å²) in [5.74, 6) is -0.315. The van der Waals surface area contributed by atoms with E-state index in [4.69, 9.17) is 4.74 Å². The second-order valence-corrected chi connectivity index (χ2v) is 8.63. The molecule has 0 heterocycles. The zero-order valence-corrected chi connectivity index (χ0v) is 20.6. The van der Waals surface area contributed by atoms with E-state index >= 15 is 0 Å². The Hall–Kier alpha value is -2.20. The third kappa shape index (κ3) is 10.5. The Bertz CT molecular complexity index is 726. The molecule has 0 atom stereocenters. The predicted octanol–water partition coefficient (Wildman–Crippen LogP) is 0.747. The van der Waals surface area contributed by atoms with Crippen LogP contribution in [0.4, 0.5) is 0 Å². The summed E-state index contributed by atoms with van der Waals surface area (Å²) in [5.41, 5.74) is 5.01. The first kappa shape index (κ1) is 27.0. The number of hydrogen-bond acceptors (Lipinski definition) is 7. The molecule has 0 radical (unpaired) electrons. The lowest BCUT2D eigenvalue weighted by molar-refractivity contribution is -0.127. The molecule has 33 heavy (non-hydrogen) atoms. The minimum atomic E-state index is -0.408. The van der Waals surface area contributed by atoms with E-state index in [0.29, 0.717) is 32.1 Å². The van der Waals surface area contributed by atoms with Crippen LogP contribution in [0, 0.1) is 0 Å². The third-order valence-corrected chi connectivity index (χ3v) is 5.93. The van der Waals surface area contributed by atoms with Crippen LogP contribution in [-0.2, 0) is 19.1 Å². The zero-order valence-electron chi connectivity index (χ0n) is 19.7. The molecule has 186 valence electrons. The Kier molecular flexibility index (Phi) is 12.8. The maximum Gasteiger partial charge on any atom is 0.239 e. The Balaban J connectivity index is 1.54. The number of ether oxygens (including phenoxy) is 1. The molecule has 3 amide bonds. The summed E-state index contributed by atoms with van der Waals surface area (Å²) in [5, 5.41) is 14.4. The molecule has 5 N–H and O–H groups in total. The second kappa shape index (κ2) is 15.6. The first-order valence-electron chi connectivity index (χ1n) is 11.9. The van der Waals surface area contributed by atoms with Crippen LogP contribution in [0.25, 0.3) is 0 Å². The summed E-state index contributed by atoms with van der Waals surface area (Å²) >= 11 is 4.12. The first-order chi connectivity index (χ1) is 16.0. The molecule has 0 spiro atoms. The van der Waals surface area contributed by atoms with Crippen LogP contribution in [-0.4, -0.2) is 69.4 Å². The highest BCUT2D eigenvalue weighted by atomic mass is 32.1. The molecule has 2 rings (SSSR count). The van der Waals surface area contributed by atoms with Gasteiger partial charge in [-0.05, 0) is 50.5 Å². The van der Waals surface area contributed by atoms with E-state index in [9.17, 15) is 14.4 Å². The van der Waals surface area contributed by atoms with Crippen molar-refractivity contribution in [3.8, 4) is 0 Å². The second-order valence-electron chi connectivity index (χ2n) is 8.18. The van der Waals surface area contributed by atoms with Crippen LogP contribution in [0.5, 0.6) is 0 Å². The van der Waals surface area contributed by atoms with Crippen LogP contribution in [0.1, 0.15) is 51.9 Å². The molecule has 10 heteroatoms. The van der Waals surface area contributed by atoms with Gasteiger partial charge in [-0.25, -0.2) is 0 Å².